The molecule has 2 aliphatic heterocycles. The van der Waals surface area contributed by atoms with Crippen molar-refractivity contribution in [3.05, 3.63) is 65.2 Å². The molecule has 1 N–H and O–H groups in total. The van der Waals surface area contributed by atoms with Crippen molar-refractivity contribution in [2.24, 2.45) is 0 Å². The number of amides is 1. The van der Waals surface area contributed by atoms with Crippen molar-refractivity contribution in [3.63, 3.8) is 0 Å². The van der Waals surface area contributed by atoms with Crippen LogP contribution < -0.4 is 19.7 Å². The summed E-state index contributed by atoms with van der Waals surface area (Å²) in [6, 6.07) is 10.0. The van der Waals surface area contributed by atoms with Gasteiger partial charge in [0.2, 0.25) is 0 Å². The Morgan fingerprint density at radius 3 is 2.59 bits per heavy atom. The Morgan fingerprint density at radius 1 is 1.08 bits per heavy atom. The second-order valence-electron chi connectivity index (χ2n) is 10.5. The van der Waals surface area contributed by atoms with Crippen molar-refractivity contribution in [2.45, 2.75) is 71.8 Å². The minimum atomic E-state index is -0.516. The van der Waals surface area contributed by atoms with Crippen LogP contribution in [0.5, 0.6) is 17.4 Å². The van der Waals surface area contributed by atoms with Gasteiger partial charge in [0.25, 0.3) is 11.8 Å². The Morgan fingerprint density at radius 2 is 1.85 bits per heavy atom. The summed E-state index contributed by atoms with van der Waals surface area (Å²) >= 11 is 0. The number of aromatic nitrogens is 3. The van der Waals surface area contributed by atoms with Gasteiger partial charge >= 0.3 is 0 Å². The van der Waals surface area contributed by atoms with E-state index in [1.54, 1.807) is 4.90 Å². The SMILES string of the molecule is CC(C)N(C(=O)c1cc(F)ccc1Oc1nncnc1N1CCC(Oc2cccc3c2CNC3)CC1)C(C)C. The van der Waals surface area contributed by atoms with Gasteiger partial charge in [0, 0.05) is 56.7 Å². The molecule has 5 rings (SSSR count). The Bertz CT molecular complexity index is 1320. The first-order valence-corrected chi connectivity index (χ1v) is 13.5. The molecule has 10 heteroatoms. The third-order valence-corrected chi connectivity index (χ3v) is 7.18. The fourth-order valence-electron chi connectivity index (χ4n) is 5.38. The van der Waals surface area contributed by atoms with E-state index in [2.05, 4.69) is 31.5 Å². The van der Waals surface area contributed by atoms with Gasteiger partial charge < -0.3 is 24.6 Å². The Balaban J connectivity index is 1.32. The Labute approximate surface area is 228 Å². The van der Waals surface area contributed by atoms with Crippen molar-refractivity contribution in [2.75, 3.05) is 18.0 Å². The van der Waals surface area contributed by atoms with Crippen molar-refractivity contribution in [1.82, 2.24) is 25.4 Å². The molecule has 9 nitrogen and oxygen atoms in total. The van der Waals surface area contributed by atoms with Crippen molar-refractivity contribution in [1.29, 1.82) is 0 Å². The molecule has 0 unspecified atom stereocenters. The van der Waals surface area contributed by atoms with Crippen LogP contribution in [0, 0.1) is 5.82 Å². The van der Waals surface area contributed by atoms with Crippen LogP contribution in [0.25, 0.3) is 0 Å². The maximum atomic E-state index is 14.3. The summed E-state index contributed by atoms with van der Waals surface area (Å²) in [7, 11) is 0. The number of piperidine rings is 1. The fraction of sp³-hybridized carbons (Fsp3) is 0.448. The number of carbonyl (C=O) groups is 1. The predicted molar refractivity (Wildman–Crippen MR) is 146 cm³/mol. The van der Waals surface area contributed by atoms with E-state index in [9.17, 15) is 9.18 Å². The normalized spacial score (nSPS) is 15.5. The molecule has 1 fully saturated rings. The molecule has 206 valence electrons. The molecule has 0 spiro atoms. The molecule has 3 aromatic rings. The molecular weight excluding hydrogens is 499 g/mol. The summed E-state index contributed by atoms with van der Waals surface area (Å²) in [5.74, 6) is 1.03. The average molecular weight is 535 g/mol. The van der Waals surface area contributed by atoms with Gasteiger partial charge in [-0.15, -0.1) is 10.2 Å². The molecular formula is C29H35FN6O3. The zero-order chi connectivity index (χ0) is 27.5. The molecule has 2 aliphatic rings. The number of halogens is 1. The predicted octanol–water partition coefficient (Wildman–Crippen LogP) is 4.71. The van der Waals surface area contributed by atoms with Gasteiger partial charge in [-0.05, 0) is 57.5 Å². The third-order valence-electron chi connectivity index (χ3n) is 7.18. The number of hydrogen-bond donors (Lipinski definition) is 1. The van der Waals surface area contributed by atoms with Crippen LogP contribution in [0.4, 0.5) is 10.2 Å². The number of fused-ring (bicyclic) bond motifs is 1. The number of rotatable bonds is 8. The van der Waals surface area contributed by atoms with Crippen LogP contribution in [0.3, 0.4) is 0 Å². The maximum Gasteiger partial charge on any atom is 0.282 e. The molecule has 1 aromatic heterocycles. The number of benzene rings is 2. The van der Waals surface area contributed by atoms with Crippen LogP contribution in [-0.4, -0.2) is 57.3 Å². The summed E-state index contributed by atoms with van der Waals surface area (Å²) in [4.78, 5) is 21.7. The highest BCUT2D eigenvalue weighted by Crippen LogP contribution is 2.34. The molecule has 1 saturated heterocycles. The largest absolute Gasteiger partial charge is 0.490 e. The van der Waals surface area contributed by atoms with Crippen molar-refractivity contribution < 1.29 is 18.7 Å². The maximum absolute atomic E-state index is 14.3. The van der Waals surface area contributed by atoms with E-state index >= 15 is 0 Å². The second kappa shape index (κ2) is 11.5. The number of carbonyl (C=O) groups excluding carboxylic acids is 1. The van der Waals surface area contributed by atoms with E-state index in [1.807, 2.05) is 39.8 Å². The topological polar surface area (TPSA) is 92.7 Å². The van der Waals surface area contributed by atoms with Crippen LogP contribution in [0.2, 0.25) is 0 Å². The Kier molecular flexibility index (Phi) is 7.92. The molecule has 3 heterocycles. The molecule has 0 bridgehead atoms. The van der Waals surface area contributed by atoms with E-state index in [0.717, 1.165) is 31.7 Å². The van der Waals surface area contributed by atoms with Gasteiger partial charge in [-0.2, -0.15) is 0 Å². The van der Waals surface area contributed by atoms with Gasteiger partial charge in [-0.25, -0.2) is 9.37 Å². The van der Waals surface area contributed by atoms with Gasteiger partial charge in [0.1, 0.15) is 29.7 Å². The van der Waals surface area contributed by atoms with Gasteiger partial charge in [0.15, 0.2) is 5.82 Å². The van der Waals surface area contributed by atoms with Gasteiger partial charge in [0.05, 0.1) is 5.56 Å². The molecule has 0 saturated carbocycles. The molecule has 0 radical (unpaired) electrons. The number of ether oxygens (including phenoxy) is 2. The zero-order valence-corrected chi connectivity index (χ0v) is 22.9. The molecule has 1 amide bonds. The lowest BCUT2D eigenvalue weighted by atomic mass is 10.1. The highest BCUT2D eigenvalue weighted by molar-refractivity contribution is 5.97. The number of nitrogens with zero attached hydrogens (tertiary/aromatic N) is 5. The van der Waals surface area contributed by atoms with Crippen LogP contribution >= 0.6 is 0 Å². The summed E-state index contributed by atoms with van der Waals surface area (Å²) in [5, 5.41) is 11.5. The summed E-state index contributed by atoms with van der Waals surface area (Å²) in [6.07, 6.45) is 3.07. The first-order valence-electron chi connectivity index (χ1n) is 13.5. The monoisotopic (exact) mass is 534 g/mol. The summed E-state index contributed by atoms with van der Waals surface area (Å²) < 4.78 is 26.8. The highest BCUT2D eigenvalue weighted by Gasteiger charge is 2.29. The first kappa shape index (κ1) is 26.8. The van der Waals surface area contributed by atoms with E-state index in [4.69, 9.17) is 9.47 Å². The lowest BCUT2D eigenvalue weighted by Gasteiger charge is -2.33. The van der Waals surface area contributed by atoms with Crippen LogP contribution in [-0.2, 0) is 13.1 Å². The van der Waals surface area contributed by atoms with Crippen LogP contribution in [0.1, 0.15) is 62.0 Å². The van der Waals surface area contributed by atoms with E-state index in [1.165, 1.54) is 35.7 Å². The summed E-state index contributed by atoms with van der Waals surface area (Å²) in [6.45, 7) is 10.8. The van der Waals surface area contributed by atoms with E-state index in [0.29, 0.717) is 18.9 Å². The van der Waals surface area contributed by atoms with Crippen LogP contribution in [0.15, 0.2) is 42.7 Å². The minimum absolute atomic E-state index is 0.0703. The number of nitrogens with one attached hydrogen (secondary N) is 1. The van der Waals surface area contributed by atoms with Gasteiger partial charge in [-0.1, -0.05) is 12.1 Å². The zero-order valence-electron chi connectivity index (χ0n) is 22.9. The molecule has 0 aliphatic carbocycles. The molecule has 39 heavy (non-hydrogen) atoms. The lowest BCUT2D eigenvalue weighted by Crippen LogP contribution is -2.42. The van der Waals surface area contributed by atoms with E-state index in [-0.39, 0.29) is 41.3 Å². The first-order chi connectivity index (χ1) is 18.8. The second-order valence-corrected chi connectivity index (χ2v) is 10.5. The number of anilines is 1. The smallest absolute Gasteiger partial charge is 0.282 e. The fourth-order valence-corrected chi connectivity index (χ4v) is 5.38. The summed E-state index contributed by atoms with van der Waals surface area (Å²) in [5.41, 5.74) is 2.67. The van der Waals surface area contributed by atoms with Crippen molar-refractivity contribution in [3.8, 4) is 17.4 Å². The van der Waals surface area contributed by atoms with E-state index < -0.39 is 5.82 Å². The Hall–Kier alpha value is -3.79. The molecule has 0 atom stereocenters. The van der Waals surface area contributed by atoms with Crippen molar-refractivity contribution >= 4 is 11.7 Å². The molecule has 2 aromatic carbocycles. The third kappa shape index (κ3) is 5.80. The quantitative estimate of drug-likeness (QED) is 0.444. The average Bonchev–Trinajstić information content (AvgIpc) is 3.40. The standard InChI is InChI=1S/C29H35FN6O3/c1-18(2)36(19(3)4)29(37)23-14-21(30)8-9-26(23)39-28-27(32-17-33-34-28)35-12-10-22(11-13-35)38-25-7-5-6-20-15-31-16-24(20)25/h5-9,14,17-19,22,31H,10-13,15-16H2,1-4H3. The number of hydrogen-bond acceptors (Lipinski definition) is 8. The van der Waals surface area contributed by atoms with Gasteiger partial charge in [-0.3, -0.25) is 4.79 Å². The lowest BCUT2D eigenvalue weighted by molar-refractivity contribution is 0.0640. The minimum Gasteiger partial charge on any atom is -0.490 e. The highest BCUT2D eigenvalue weighted by atomic mass is 19.1.